The lowest BCUT2D eigenvalue weighted by Crippen LogP contribution is -2.22. The third kappa shape index (κ3) is 7.54. The van der Waals surface area contributed by atoms with E-state index in [0.29, 0.717) is 46.1 Å². The van der Waals surface area contributed by atoms with Crippen LogP contribution >= 0.6 is 0 Å². The fourth-order valence-corrected chi connectivity index (χ4v) is 3.98. The molecular formula is C32H33N5O4. The lowest BCUT2D eigenvalue weighted by atomic mass is 9.85. The summed E-state index contributed by atoms with van der Waals surface area (Å²) in [4.78, 5) is 47.2. The first-order valence-electron chi connectivity index (χ1n) is 13.1. The molecule has 0 bridgehead atoms. The van der Waals surface area contributed by atoms with Gasteiger partial charge in [0.15, 0.2) is 0 Å². The van der Waals surface area contributed by atoms with Crippen LogP contribution in [0.2, 0.25) is 0 Å². The Morgan fingerprint density at radius 1 is 0.805 bits per heavy atom. The second kappa shape index (κ2) is 12.4. The monoisotopic (exact) mass is 551 g/mol. The minimum atomic E-state index is -0.417. The van der Waals surface area contributed by atoms with Crippen molar-refractivity contribution in [3.05, 3.63) is 113 Å². The van der Waals surface area contributed by atoms with Gasteiger partial charge in [0.25, 0.3) is 17.7 Å². The number of carbonyl (C=O) groups excluding carboxylic acids is 3. The number of hydrogen-bond donors (Lipinski definition) is 3. The molecule has 9 nitrogen and oxygen atoms in total. The van der Waals surface area contributed by atoms with Crippen LogP contribution in [0.1, 0.15) is 68.8 Å². The number of benzene rings is 2. The standard InChI is InChI=1S/C32H33N5O4/c1-20-28(31(40)36-24-9-11-27(12-10-24)41-19-25-8-6-7-13-34-25)17-26(18-35-20)37-30(39)22-14-21(29(38)33-5)15-23(16-22)32(2,3)4/h6-18H,19H2,1-5H3,(H,33,38)(H,36,40)(H,37,39). The van der Waals surface area contributed by atoms with Crippen molar-refractivity contribution in [2.75, 3.05) is 17.7 Å². The summed E-state index contributed by atoms with van der Waals surface area (Å²) in [6.07, 6.45) is 3.20. The molecule has 2 aromatic carbocycles. The molecular weight excluding hydrogens is 518 g/mol. The molecule has 0 aliphatic rings. The van der Waals surface area contributed by atoms with E-state index in [1.54, 1.807) is 68.7 Å². The van der Waals surface area contributed by atoms with E-state index in [4.69, 9.17) is 4.74 Å². The summed E-state index contributed by atoms with van der Waals surface area (Å²) in [7, 11) is 1.54. The van der Waals surface area contributed by atoms with Crippen molar-refractivity contribution >= 4 is 29.1 Å². The minimum absolute atomic E-state index is 0.279. The summed E-state index contributed by atoms with van der Waals surface area (Å²) >= 11 is 0. The molecule has 3 N–H and O–H groups in total. The van der Waals surface area contributed by atoms with Gasteiger partial charge < -0.3 is 20.7 Å². The Morgan fingerprint density at radius 3 is 2.12 bits per heavy atom. The maximum atomic E-state index is 13.2. The van der Waals surface area contributed by atoms with Crippen LogP contribution in [0, 0.1) is 6.92 Å². The van der Waals surface area contributed by atoms with Crippen molar-refractivity contribution in [2.45, 2.75) is 39.7 Å². The van der Waals surface area contributed by atoms with E-state index in [2.05, 4.69) is 25.9 Å². The summed E-state index contributed by atoms with van der Waals surface area (Å²) in [5.41, 5.74) is 3.85. The molecule has 4 aromatic rings. The van der Waals surface area contributed by atoms with E-state index in [1.165, 1.54) is 6.20 Å². The van der Waals surface area contributed by atoms with E-state index in [0.717, 1.165) is 11.3 Å². The topological polar surface area (TPSA) is 122 Å². The number of rotatable bonds is 8. The molecule has 0 fully saturated rings. The maximum Gasteiger partial charge on any atom is 0.257 e. The highest BCUT2D eigenvalue weighted by molar-refractivity contribution is 6.08. The Hall–Kier alpha value is -5.05. The number of ether oxygens (including phenoxy) is 1. The van der Waals surface area contributed by atoms with Crippen molar-refractivity contribution in [1.29, 1.82) is 0 Å². The maximum absolute atomic E-state index is 13.2. The molecule has 0 spiro atoms. The second-order valence-corrected chi connectivity index (χ2v) is 10.5. The average Bonchev–Trinajstić information content (AvgIpc) is 2.97. The number of pyridine rings is 2. The van der Waals surface area contributed by atoms with Crippen LogP contribution in [0.25, 0.3) is 0 Å². The van der Waals surface area contributed by atoms with Gasteiger partial charge >= 0.3 is 0 Å². The Bertz CT molecular complexity index is 1560. The van der Waals surface area contributed by atoms with Crippen LogP contribution in [0.4, 0.5) is 11.4 Å². The lowest BCUT2D eigenvalue weighted by Gasteiger charge is -2.21. The van der Waals surface area contributed by atoms with Gasteiger partial charge in [0.1, 0.15) is 12.4 Å². The van der Waals surface area contributed by atoms with Gasteiger partial charge in [-0.15, -0.1) is 0 Å². The molecule has 0 aliphatic heterocycles. The number of amides is 3. The van der Waals surface area contributed by atoms with Crippen molar-refractivity contribution in [3.8, 4) is 5.75 Å². The molecule has 9 heteroatoms. The van der Waals surface area contributed by atoms with E-state index in [9.17, 15) is 14.4 Å². The molecule has 0 aliphatic carbocycles. The largest absolute Gasteiger partial charge is 0.487 e. The third-order valence-corrected chi connectivity index (χ3v) is 6.36. The molecule has 4 rings (SSSR count). The van der Waals surface area contributed by atoms with Gasteiger partial charge in [-0.2, -0.15) is 0 Å². The van der Waals surface area contributed by atoms with Crippen molar-refractivity contribution in [1.82, 2.24) is 15.3 Å². The molecule has 0 radical (unpaired) electrons. The Morgan fingerprint density at radius 2 is 1.49 bits per heavy atom. The van der Waals surface area contributed by atoms with Gasteiger partial charge in [-0.25, -0.2) is 0 Å². The third-order valence-electron chi connectivity index (χ3n) is 6.36. The molecule has 41 heavy (non-hydrogen) atoms. The molecule has 0 unspecified atom stereocenters. The first-order chi connectivity index (χ1) is 19.5. The molecule has 0 saturated carbocycles. The molecule has 0 atom stereocenters. The van der Waals surface area contributed by atoms with E-state index in [1.807, 2.05) is 39.0 Å². The summed E-state index contributed by atoms with van der Waals surface area (Å²) in [6.45, 7) is 8.08. The highest BCUT2D eigenvalue weighted by Crippen LogP contribution is 2.26. The zero-order valence-corrected chi connectivity index (χ0v) is 23.7. The van der Waals surface area contributed by atoms with Gasteiger partial charge in [0.05, 0.1) is 28.8 Å². The molecule has 210 valence electrons. The quantitative estimate of drug-likeness (QED) is 0.265. The van der Waals surface area contributed by atoms with Crippen molar-refractivity contribution in [2.24, 2.45) is 0 Å². The number of anilines is 2. The van der Waals surface area contributed by atoms with E-state index in [-0.39, 0.29) is 17.2 Å². The van der Waals surface area contributed by atoms with Gasteiger partial charge in [-0.3, -0.25) is 24.4 Å². The van der Waals surface area contributed by atoms with Gasteiger partial charge in [0, 0.05) is 30.1 Å². The van der Waals surface area contributed by atoms with Crippen molar-refractivity contribution < 1.29 is 19.1 Å². The highest BCUT2D eigenvalue weighted by atomic mass is 16.5. The Labute approximate surface area is 239 Å². The van der Waals surface area contributed by atoms with Crippen LogP contribution in [0.5, 0.6) is 5.75 Å². The fraction of sp³-hybridized carbons (Fsp3) is 0.219. The summed E-state index contributed by atoms with van der Waals surface area (Å²) in [5.74, 6) is -0.426. The fourth-order valence-electron chi connectivity index (χ4n) is 3.98. The molecule has 2 heterocycles. The van der Waals surface area contributed by atoms with Crippen LogP contribution in [0.15, 0.2) is 79.1 Å². The zero-order chi connectivity index (χ0) is 29.6. The SMILES string of the molecule is CNC(=O)c1cc(C(=O)Nc2cnc(C)c(C(=O)Nc3ccc(OCc4ccccn4)cc3)c2)cc(C(C)(C)C)c1. The smallest absolute Gasteiger partial charge is 0.257 e. The predicted octanol–water partition coefficient (Wildman–Crippen LogP) is 5.53. The molecule has 3 amide bonds. The molecule has 2 aromatic heterocycles. The summed E-state index contributed by atoms with van der Waals surface area (Å²) in [6, 6.07) is 19.3. The Kier molecular flexibility index (Phi) is 8.77. The highest BCUT2D eigenvalue weighted by Gasteiger charge is 2.20. The number of carbonyl (C=O) groups is 3. The normalized spacial score (nSPS) is 11.0. The minimum Gasteiger partial charge on any atom is -0.487 e. The average molecular weight is 552 g/mol. The number of aryl methyl sites for hydroxylation is 1. The molecule has 0 saturated heterocycles. The van der Waals surface area contributed by atoms with Gasteiger partial charge in [-0.05, 0) is 78.6 Å². The lowest BCUT2D eigenvalue weighted by molar-refractivity contribution is 0.0962. The van der Waals surface area contributed by atoms with Crippen LogP contribution in [0.3, 0.4) is 0 Å². The van der Waals surface area contributed by atoms with Gasteiger partial charge in [0.2, 0.25) is 0 Å². The van der Waals surface area contributed by atoms with E-state index >= 15 is 0 Å². The van der Waals surface area contributed by atoms with Crippen LogP contribution < -0.4 is 20.7 Å². The van der Waals surface area contributed by atoms with Crippen LogP contribution in [-0.4, -0.2) is 34.7 Å². The summed E-state index contributed by atoms with van der Waals surface area (Å²) in [5, 5.41) is 8.27. The predicted molar refractivity (Wildman–Crippen MR) is 158 cm³/mol. The van der Waals surface area contributed by atoms with Crippen LogP contribution in [-0.2, 0) is 12.0 Å². The summed E-state index contributed by atoms with van der Waals surface area (Å²) < 4.78 is 5.75. The second-order valence-electron chi connectivity index (χ2n) is 10.5. The van der Waals surface area contributed by atoms with E-state index < -0.39 is 5.91 Å². The first kappa shape index (κ1) is 28.9. The zero-order valence-electron chi connectivity index (χ0n) is 23.7. The van der Waals surface area contributed by atoms with Crippen molar-refractivity contribution in [3.63, 3.8) is 0 Å². The first-order valence-corrected chi connectivity index (χ1v) is 13.1. The number of hydrogen-bond acceptors (Lipinski definition) is 6. The number of aromatic nitrogens is 2. The Balaban J connectivity index is 1.46. The van der Waals surface area contributed by atoms with Gasteiger partial charge in [-0.1, -0.05) is 26.8 Å². The number of nitrogens with one attached hydrogen (secondary N) is 3. The number of nitrogens with zero attached hydrogens (tertiary/aromatic N) is 2.